The number of hydrogen-bond donors (Lipinski definition) is 1. The molecule has 1 fully saturated rings. The summed E-state index contributed by atoms with van der Waals surface area (Å²) in [4.78, 5) is 10.5. The summed E-state index contributed by atoms with van der Waals surface area (Å²) >= 11 is 5.96. The highest BCUT2D eigenvalue weighted by Gasteiger charge is 2.28. The summed E-state index contributed by atoms with van der Waals surface area (Å²) in [6.07, 6.45) is 1.61. The molecule has 1 aromatic rings. The number of nitrogens with zero attached hydrogens (tertiary/aromatic N) is 3. The first-order chi connectivity index (χ1) is 8.58. The third kappa shape index (κ3) is 3.31. The summed E-state index contributed by atoms with van der Waals surface area (Å²) in [5.41, 5.74) is 0. The lowest BCUT2D eigenvalue weighted by Crippen LogP contribution is -2.37. The van der Waals surface area contributed by atoms with Gasteiger partial charge in [0.05, 0.1) is 6.10 Å². The third-order valence-corrected chi connectivity index (χ3v) is 3.33. The second-order valence-electron chi connectivity index (χ2n) is 4.77. The summed E-state index contributed by atoms with van der Waals surface area (Å²) in [5, 5.41) is 9.70. The van der Waals surface area contributed by atoms with E-state index in [0.29, 0.717) is 23.5 Å². The van der Waals surface area contributed by atoms with E-state index in [2.05, 4.69) is 9.97 Å². The average Bonchev–Trinajstić information content (AvgIpc) is 2.26. The summed E-state index contributed by atoms with van der Waals surface area (Å²) in [5.74, 6) is 1.91. The van der Waals surface area contributed by atoms with Crippen molar-refractivity contribution in [1.29, 1.82) is 0 Å². The van der Waals surface area contributed by atoms with Crippen LogP contribution in [0.15, 0.2) is 6.07 Å². The van der Waals surface area contributed by atoms with Gasteiger partial charge in [-0.05, 0) is 18.8 Å². The van der Waals surface area contributed by atoms with Crippen LogP contribution >= 0.6 is 11.6 Å². The van der Waals surface area contributed by atoms with Gasteiger partial charge in [-0.25, -0.2) is 9.97 Å². The highest BCUT2D eigenvalue weighted by molar-refractivity contribution is 6.29. The lowest BCUT2D eigenvalue weighted by Gasteiger charge is -2.34. The van der Waals surface area contributed by atoms with Gasteiger partial charge in [0.25, 0.3) is 0 Å². The monoisotopic (exact) mass is 271 g/mol. The fraction of sp³-hybridized carbons (Fsp3) is 0.667. The van der Waals surface area contributed by atoms with Crippen molar-refractivity contribution in [2.24, 2.45) is 5.92 Å². The van der Waals surface area contributed by atoms with Crippen LogP contribution in [-0.2, 0) is 11.3 Å². The molecule has 1 saturated carbocycles. The fourth-order valence-corrected chi connectivity index (χ4v) is 2.37. The molecule has 1 heterocycles. The molecule has 1 aliphatic rings. The standard InChI is InChI=1S/C12H18ClN3O2/c1-16(6-8-3-9(17)4-8)12-5-10(13)14-11(15-12)7-18-2/h5,8-9,17H,3-4,6-7H2,1-2H3. The first-order valence-electron chi connectivity index (χ1n) is 6.00. The van der Waals surface area contributed by atoms with Gasteiger partial charge in [-0.15, -0.1) is 0 Å². The number of ether oxygens (including phenoxy) is 1. The smallest absolute Gasteiger partial charge is 0.158 e. The van der Waals surface area contributed by atoms with Crippen molar-refractivity contribution in [3.05, 3.63) is 17.0 Å². The quantitative estimate of drug-likeness (QED) is 0.822. The molecule has 0 saturated heterocycles. The third-order valence-electron chi connectivity index (χ3n) is 3.14. The van der Waals surface area contributed by atoms with Crippen molar-refractivity contribution in [2.75, 3.05) is 25.6 Å². The minimum atomic E-state index is -0.124. The molecule has 0 aliphatic heterocycles. The Hall–Kier alpha value is -0.910. The molecule has 0 amide bonds. The zero-order valence-corrected chi connectivity index (χ0v) is 11.4. The number of aliphatic hydroxyl groups is 1. The van der Waals surface area contributed by atoms with E-state index in [-0.39, 0.29) is 6.10 Å². The average molecular weight is 272 g/mol. The van der Waals surface area contributed by atoms with Gasteiger partial charge in [0, 0.05) is 26.8 Å². The van der Waals surface area contributed by atoms with E-state index < -0.39 is 0 Å². The maximum atomic E-state index is 9.28. The lowest BCUT2D eigenvalue weighted by atomic mass is 9.82. The van der Waals surface area contributed by atoms with Gasteiger partial charge in [-0.3, -0.25) is 0 Å². The molecule has 1 N–H and O–H groups in total. The molecule has 2 rings (SSSR count). The zero-order chi connectivity index (χ0) is 13.1. The van der Waals surface area contributed by atoms with E-state index >= 15 is 0 Å². The predicted molar refractivity (Wildman–Crippen MR) is 69.8 cm³/mol. The van der Waals surface area contributed by atoms with Crippen molar-refractivity contribution in [3.63, 3.8) is 0 Å². The maximum absolute atomic E-state index is 9.28. The first-order valence-corrected chi connectivity index (χ1v) is 6.38. The molecule has 0 unspecified atom stereocenters. The van der Waals surface area contributed by atoms with Crippen LogP contribution in [0.3, 0.4) is 0 Å². The Labute approximate surface area is 112 Å². The highest BCUT2D eigenvalue weighted by atomic mass is 35.5. The van der Waals surface area contributed by atoms with Crippen molar-refractivity contribution >= 4 is 17.4 Å². The Kier molecular flexibility index (Phi) is 4.37. The van der Waals surface area contributed by atoms with Crippen LogP contribution < -0.4 is 4.90 Å². The lowest BCUT2D eigenvalue weighted by molar-refractivity contribution is 0.0464. The summed E-state index contributed by atoms with van der Waals surface area (Å²) < 4.78 is 5.01. The highest BCUT2D eigenvalue weighted by Crippen LogP contribution is 2.29. The van der Waals surface area contributed by atoms with E-state index in [9.17, 15) is 5.11 Å². The van der Waals surface area contributed by atoms with Crippen LogP contribution in [0.4, 0.5) is 5.82 Å². The van der Waals surface area contributed by atoms with Gasteiger partial charge < -0.3 is 14.7 Å². The van der Waals surface area contributed by atoms with Crippen LogP contribution in [-0.4, -0.2) is 41.9 Å². The molecular weight excluding hydrogens is 254 g/mol. The number of halogens is 1. The SMILES string of the molecule is COCc1nc(Cl)cc(N(C)CC2CC(O)C2)n1. The molecule has 0 atom stereocenters. The molecular formula is C12H18ClN3O2. The topological polar surface area (TPSA) is 58.5 Å². The van der Waals surface area contributed by atoms with Gasteiger partial charge in [0.1, 0.15) is 17.6 Å². The second kappa shape index (κ2) is 5.82. The second-order valence-corrected chi connectivity index (χ2v) is 5.16. The summed E-state index contributed by atoms with van der Waals surface area (Å²) in [6.45, 7) is 1.22. The molecule has 1 aromatic heterocycles. The van der Waals surface area contributed by atoms with Crippen LogP contribution in [0.5, 0.6) is 0 Å². The largest absolute Gasteiger partial charge is 0.393 e. The molecule has 0 spiro atoms. The van der Waals surface area contributed by atoms with Crippen molar-refractivity contribution in [1.82, 2.24) is 9.97 Å². The van der Waals surface area contributed by atoms with E-state index in [1.54, 1.807) is 13.2 Å². The van der Waals surface area contributed by atoms with Crippen molar-refractivity contribution in [3.8, 4) is 0 Å². The molecule has 0 radical (unpaired) electrons. The first kappa shape index (κ1) is 13.5. The molecule has 18 heavy (non-hydrogen) atoms. The molecule has 5 nitrogen and oxygen atoms in total. The Bertz CT molecular complexity index is 410. The van der Waals surface area contributed by atoms with Crippen molar-refractivity contribution in [2.45, 2.75) is 25.6 Å². The summed E-state index contributed by atoms with van der Waals surface area (Å²) in [7, 11) is 3.57. The van der Waals surface area contributed by atoms with E-state index in [0.717, 1.165) is 25.2 Å². The Balaban J connectivity index is 2.02. The molecule has 100 valence electrons. The van der Waals surface area contributed by atoms with Gasteiger partial charge >= 0.3 is 0 Å². The number of aromatic nitrogens is 2. The Morgan fingerprint density at radius 3 is 2.83 bits per heavy atom. The minimum absolute atomic E-state index is 0.124. The van der Waals surface area contributed by atoms with Gasteiger partial charge in [0.15, 0.2) is 5.82 Å². The Morgan fingerprint density at radius 2 is 2.22 bits per heavy atom. The molecule has 1 aliphatic carbocycles. The fourth-order valence-electron chi connectivity index (χ4n) is 2.17. The van der Waals surface area contributed by atoms with Crippen LogP contribution in [0.1, 0.15) is 18.7 Å². The minimum Gasteiger partial charge on any atom is -0.393 e. The van der Waals surface area contributed by atoms with E-state index in [1.807, 2.05) is 11.9 Å². The molecule has 0 bridgehead atoms. The molecule has 6 heteroatoms. The summed E-state index contributed by atoms with van der Waals surface area (Å²) in [6, 6.07) is 1.75. The van der Waals surface area contributed by atoms with Crippen molar-refractivity contribution < 1.29 is 9.84 Å². The van der Waals surface area contributed by atoms with E-state index in [4.69, 9.17) is 16.3 Å². The van der Waals surface area contributed by atoms with E-state index in [1.165, 1.54) is 0 Å². The molecule has 0 aromatic carbocycles. The van der Waals surface area contributed by atoms with Gasteiger partial charge in [0.2, 0.25) is 0 Å². The van der Waals surface area contributed by atoms with Gasteiger partial charge in [-0.1, -0.05) is 11.6 Å². The normalized spacial score (nSPS) is 22.7. The maximum Gasteiger partial charge on any atom is 0.158 e. The zero-order valence-electron chi connectivity index (χ0n) is 10.6. The van der Waals surface area contributed by atoms with Gasteiger partial charge in [-0.2, -0.15) is 0 Å². The number of anilines is 1. The Morgan fingerprint density at radius 1 is 1.50 bits per heavy atom. The van der Waals surface area contributed by atoms with Crippen LogP contribution in [0.25, 0.3) is 0 Å². The number of aliphatic hydroxyl groups excluding tert-OH is 1. The predicted octanol–water partition coefficient (Wildman–Crippen LogP) is 1.48. The number of rotatable bonds is 5. The van der Waals surface area contributed by atoms with Crippen LogP contribution in [0.2, 0.25) is 5.15 Å². The van der Waals surface area contributed by atoms with Crippen LogP contribution in [0, 0.1) is 5.92 Å². The number of methoxy groups -OCH3 is 1. The number of hydrogen-bond acceptors (Lipinski definition) is 5.